The number of non-ortho nitro benzene ring substituents is 1. The van der Waals surface area contributed by atoms with Crippen molar-refractivity contribution >= 4 is 5.69 Å². The topological polar surface area (TPSA) is 113 Å². The van der Waals surface area contributed by atoms with Crippen molar-refractivity contribution in [1.82, 2.24) is 4.57 Å². The zero-order valence-corrected chi connectivity index (χ0v) is 10.7. The standard InChI is InChI=1S/C14H8N4O3/c15-7-8-17-13(6-3-11(9-16)14(17)19)10-1-4-12(5-2-10)18(20)21/h1-6H,8H2. The molecule has 2 aromatic rings. The summed E-state index contributed by atoms with van der Waals surface area (Å²) in [5.74, 6) is 0. The molecule has 0 radical (unpaired) electrons. The molecule has 1 aromatic carbocycles. The van der Waals surface area contributed by atoms with E-state index in [0.717, 1.165) is 0 Å². The number of nitrogens with zero attached hydrogens (tertiary/aromatic N) is 4. The van der Waals surface area contributed by atoms with E-state index >= 15 is 0 Å². The van der Waals surface area contributed by atoms with Crippen molar-refractivity contribution in [2.24, 2.45) is 0 Å². The normalized spacial score (nSPS) is 9.62. The summed E-state index contributed by atoms with van der Waals surface area (Å²) in [4.78, 5) is 22.1. The molecule has 1 aromatic heterocycles. The van der Waals surface area contributed by atoms with Crippen LogP contribution in [0.4, 0.5) is 5.69 Å². The third kappa shape index (κ3) is 2.62. The highest BCUT2D eigenvalue weighted by atomic mass is 16.6. The van der Waals surface area contributed by atoms with Crippen LogP contribution in [0.1, 0.15) is 5.56 Å². The van der Waals surface area contributed by atoms with Crippen molar-refractivity contribution in [3.63, 3.8) is 0 Å². The van der Waals surface area contributed by atoms with Gasteiger partial charge in [0.2, 0.25) is 0 Å². The van der Waals surface area contributed by atoms with E-state index in [-0.39, 0.29) is 17.8 Å². The van der Waals surface area contributed by atoms with Crippen molar-refractivity contribution in [2.45, 2.75) is 6.54 Å². The molecule has 102 valence electrons. The summed E-state index contributed by atoms with van der Waals surface area (Å²) < 4.78 is 1.17. The molecule has 0 unspecified atom stereocenters. The minimum atomic E-state index is -0.560. The first kappa shape index (κ1) is 14.0. The van der Waals surface area contributed by atoms with Crippen molar-refractivity contribution < 1.29 is 4.92 Å². The Morgan fingerprint density at radius 1 is 1.14 bits per heavy atom. The van der Waals surface area contributed by atoms with Crippen LogP contribution in [-0.4, -0.2) is 9.49 Å². The van der Waals surface area contributed by atoms with Crippen molar-refractivity contribution in [2.75, 3.05) is 0 Å². The smallest absolute Gasteiger partial charge is 0.269 e. The van der Waals surface area contributed by atoms with E-state index in [9.17, 15) is 14.9 Å². The highest BCUT2D eigenvalue weighted by Crippen LogP contribution is 2.21. The molecule has 0 saturated heterocycles. The average molecular weight is 280 g/mol. The van der Waals surface area contributed by atoms with E-state index in [1.54, 1.807) is 12.1 Å². The monoisotopic (exact) mass is 280 g/mol. The predicted octanol–water partition coefficient (Wildman–Crippen LogP) is 1.82. The Kier molecular flexibility index (Phi) is 3.78. The fraction of sp³-hybridized carbons (Fsp3) is 0.0714. The zero-order chi connectivity index (χ0) is 15.4. The summed E-state index contributed by atoms with van der Waals surface area (Å²) in [6.07, 6.45) is 0. The molecule has 0 spiro atoms. The van der Waals surface area contributed by atoms with Gasteiger partial charge >= 0.3 is 0 Å². The molecule has 0 atom stereocenters. The number of aromatic nitrogens is 1. The number of pyridine rings is 1. The Morgan fingerprint density at radius 2 is 1.81 bits per heavy atom. The first-order valence-electron chi connectivity index (χ1n) is 5.84. The second kappa shape index (κ2) is 5.68. The van der Waals surface area contributed by atoms with E-state index in [2.05, 4.69) is 0 Å². The molecule has 0 aliphatic carbocycles. The molecule has 0 N–H and O–H groups in total. The van der Waals surface area contributed by atoms with Gasteiger partial charge in [0.25, 0.3) is 11.2 Å². The summed E-state index contributed by atoms with van der Waals surface area (Å²) in [6.45, 7) is -0.208. The van der Waals surface area contributed by atoms with Crippen LogP contribution in [0.25, 0.3) is 11.3 Å². The Bertz CT molecular complexity index is 838. The summed E-state index contributed by atoms with van der Waals surface area (Å²) in [5.41, 5.74) is 0.292. The summed E-state index contributed by atoms with van der Waals surface area (Å²) in [7, 11) is 0. The third-order valence-corrected chi connectivity index (χ3v) is 2.90. The van der Waals surface area contributed by atoms with Crippen LogP contribution >= 0.6 is 0 Å². The molecule has 0 aliphatic rings. The Hall–Kier alpha value is -3.45. The van der Waals surface area contributed by atoms with Crippen LogP contribution in [0.2, 0.25) is 0 Å². The first-order valence-corrected chi connectivity index (χ1v) is 5.84. The molecular weight excluding hydrogens is 272 g/mol. The van der Waals surface area contributed by atoms with Gasteiger partial charge < -0.3 is 0 Å². The number of hydrogen-bond donors (Lipinski definition) is 0. The maximum Gasteiger partial charge on any atom is 0.269 e. The van der Waals surface area contributed by atoms with E-state index in [1.807, 2.05) is 6.07 Å². The lowest BCUT2D eigenvalue weighted by molar-refractivity contribution is -0.384. The van der Waals surface area contributed by atoms with Gasteiger partial charge in [0.15, 0.2) is 0 Å². The van der Waals surface area contributed by atoms with Crippen molar-refractivity contribution in [1.29, 1.82) is 10.5 Å². The molecule has 7 nitrogen and oxygen atoms in total. The maximum atomic E-state index is 12.0. The van der Waals surface area contributed by atoms with E-state index in [0.29, 0.717) is 11.3 Å². The van der Waals surface area contributed by atoms with Gasteiger partial charge in [-0.1, -0.05) is 0 Å². The first-order chi connectivity index (χ1) is 10.1. The SMILES string of the molecule is N#CCn1c(-c2ccc([N+](=O)[O-])cc2)ccc(C#N)c1=O. The van der Waals surface area contributed by atoms with Crippen LogP contribution in [0.3, 0.4) is 0 Å². The third-order valence-electron chi connectivity index (χ3n) is 2.90. The van der Waals surface area contributed by atoms with Gasteiger partial charge in [-0.3, -0.25) is 19.5 Å². The lowest BCUT2D eigenvalue weighted by Crippen LogP contribution is -2.23. The van der Waals surface area contributed by atoms with Crippen molar-refractivity contribution in [3.8, 4) is 23.4 Å². The van der Waals surface area contributed by atoms with Gasteiger partial charge in [0.05, 0.1) is 16.7 Å². The van der Waals surface area contributed by atoms with Gasteiger partial charge in [0.1, 0.15) is 18.2 Å². The highest BCUT2D eigenvalue weighted by Gasteiger charge is 2.11. The molecule has 2 rings (SSSR count). The molecular formula is C14H8N4O3. The fourth-order valence-corrected chi connectivity index (χ4v) is 1.90. The number of hydrogen-bond acceptors (Lipinski definition) is 5. The fourth-order valence-electron chi connectivity index (χ4n) is 1.90. The van der Waals surface area contributed by atoms with Crippen molar-refractivity contribution in [3.05, 3.63) is 62.4 Å². The molecule has 7 heteroatoms. The summed E-state index contributed by atoms with van der Waals surface area (Å²) >= 11 is 0. The zero-order valence-electron chi connectivity index (χ0n) is 10.7. The lowest BCUT2D eigenvalue weighted by Gasteiger charge is -2.10. The Labute approximate surface area is 119 Å². The van der Waals surface area contributed by atoms with Crippen LogP contribution in [0, 0.1) is 32.8 Å². The minimum Gasteiger partial charge on any atom is -0.293 e. The van der Waals surface area contributed by atoms with Crippen LogP contribution in [-0.2, 0) is 6.54 Å². The molecule has 0 fully saturated rings. The number of nitriles is 2. The number of benzene rings is 1. The minimum absolute atomic E-state index is 0.0593. The molecule has 0 aliphatic heterocycles. The molecule has 21 heavy (non-hydrogen) atoms. The molecule has 0 bridgehead atoms. The Balaban J connectivity index is 2.61. The largest absolute Gasteiger partial charge is 0.293 e. The number of rotatable bonds is 3. The maximum absolute atomic E-state index is 12.0. The van der Waals surface area contributed by atoms with E-state index in [1.165, 1.54) is 34.9 Å². The van der Waals surface area contributed by atoms with Gasteiger partial charge in [-0.2, -0.15) is 10.5 Å². The quantitative estimate of drug-likeness (QED) is 0.628. The highest BCUT2D eigenvalue weighted by molar-refractivity contribution is 5.62. The molecule has 0 amide bonds. The van der Waals surface area contributed by atoms with Crippen LogP contribution in [0.15, 0.2) is 41.2 Å². The van der Waals surface area contributed by atoms with Gasteiger partial charge in [-0.15, -0.1) is 0 Å². The van der Waals surface area contributed by atoms with Gasteiger partial charge in [-0.25, -0.2) is 0 Å². The lowest BCUT2D eigenvalue weighted by atomic mass is 10.1. The molecule has 1 heterocycles. The van der Waals surface area contributed by atoms with Crippen LogP contribution in [0.5, 0.6) is 0 Å². The second-order valence-corrected chi connectivity index (χ2v) is 4.10. The number of nitro benzene ring substituents is 1. The summed E-state index contributed by atoms with van der Waals surface area (Å²) in [6, 6.07) is 12.1. The van der Waals surface area contributed by atoms with Crippen LogP contribution < -0.4 is 5.56 Å². The second-order valence-electron chi connectivity index (χ2n) is 4.10. The number of nitro groups is 1. The summed E-state index contributed by atoms with van der Waals surface area (Å²) in [5, 5.41) is 28.3. The van der Waals surface area contributed by atoms with Gasteiger partial charge in [-0.05, 0) is 29.8 Å². The van der Waals surface area contributed by atoms with E-state index in [4.69, 9.17) is 10.5 Å². The predicted molar refractivity (Wildman–Crippen MR) is 73.1 cm³/mol. The van der Waals surface area contributed by atoms with E-state index < -0.39 is 10.5 Å². The molecule has 0 saturated carbocycles. The van der Waals surface area contributed by atoms with Gasteiger partial charge in [0, 0.05) is 12.1 Å². The Morgan fingerprint density at radius 3 is 2.33 bits per heavy atom. The average Bonchev–Trinajstić information content (AvgIpc) is 2.49.